The maximum atomic E-state index is 12.7. The molecule has 4 rings (SSSR count). The zero-order chi connectivity index (χ0) is 20.4. The molecule has 1 aliphatic rings. The predicted molar refractivity (Wildman–Crippen MR) is 121 cm³/mol. The third kappa shape index (κ3) is 4.21. The van der Waals surface area contributed by atoms with Crippen molar-refractivity contribution in [2.24, 2.45) is 5.73 Å². The molecule has 7 heteroatoms. The Morgan fingerprint density at radius 3 is 2.76 bits per heavy atom. The Hall–Kier alpha value is -2.64. The molecule has 29 heavy (non-hydrogen) atoms. The number of fused-ring (bicyclic) bond motifs is 1. The largest absolute Gasteiger partial charge is 0.386 e. The van der Waals surface area contributed by atoms with E-state index in [9.17, 15) is 4.79 Å². The lowest BCUT2D eigenvalue weighted by molar-refractivity contribution is 0.0959. The summed E-state index contributed by atoms with van der Waals surface area (Å²) in [5.74, 6) is -0.0577. The van der Waals surface area contributed by atoms with Crippen LogP contribution >= 0.6 is 11.3 Å². The van der Waals surface area contributed by atoms with Gasteiger partial charge in [0.1, 0.15) is 9.71 Å². The molecule has 0 saturated carbocycles. The lowest BCUT2D eigenvalue weighted by Crippen LogP contribution is -2.26. The fraction of sp³-hybridized carbons (Fsp3) is 0.364. The number of nitrogens with one attached hydrogen (secondary N) is 2. The first-order valence-corrected chi connectivity index (χ1v) is 10.8. The van der Waals surface area contributed by atoms with E-state index in [0.717, 1.165) is 47.5 Å². The zero-order valence-electron chi connectivity index (χ0n) is 16.9. The Morgan fingerprint density at radius 2 is 2.07 bits per heavy atom. The van der Waals surface area contributed by atoms with Gasteiger partial charge in [0, 0.05) is 49.5 Å². The van der Waals surface area contributed by atoms with Crippen LogP contribution in [0.4, 0.5) is 11.4 Å². The van der Waals surface area contributed by atoms with E-state index in [1.807, 2.05) is 26.1 Å². The summed E-state index contributed by atoms with van der Waals surface area (Å²) in [5, 5.41) is 7.20. The molecule has 152 valence electrons. The molecule has 4 N–H and O–H groups in total. The second-order valence-electron chi connectivity index (χ2n) is 7.53. The van der Waals surface area contributed by atoms with E-state index < -0.39 is 0 Å². The monoisotopic (exact) mass is 409 g/mol. The van der Waals surface area contributed by atoms with E-state index in [4.69, 9.17) is 5.73 Å². The molecule has 3 heterocycles. The van der Waals surface area contributed by atoms with Crippen LogP contribution in [-0.4, -0.2) is 43.6 Å². The first kappa shape index (κ1) is 19.7. The molecule has 0 bridgehead atoms. The molecule has 1 saturated heterocycles. The number of hydrogen-bond donors (Lipinski definition) is 3. The van der Waals surface area contributed by atoms with Crippen LogP contribution in [0.25, 0.3) is 10.2 Å². The van der Waals surface area contributed by atoms with Gasteiger partial charge in [0.2, 0.25) is 0 Å². The second-order valence-corrected chi connectivity index (χ2v) is 8.53. The highest BCUT2D eigenvalue weighted by molar-refractivity contribution is 7.21. The number of aryl methyl sites for hydroxylation is 1. The smallest absolute Gasteiger partial charge is 0.263 e. The van der Waals surface area contributed by atoms with E-state index in [1.54, 1.807) is 0 Å². The number of benzene rings is 1. The molecule has 2 aromatic heterocycles. The van der Waals surface area contributed by atoms with Crippen molar-refractivity contribution in [2.75, 3.05) is 36.9 Å². The number of aromatic nitrogens is 1. The summed E-state index contributed by atoms with van der Waals surface area (Å²) in [6.07, 6.45) is 1.85. The molecule has 6 nitrogen and oxygen atoms in total. The van der Waals surface area contributed by atoms with E-state index >= 15 is 0 Å². The minimum absolute atomic E-state index is 0.0577. The summed E-state index contributed by atoms with van der Waals surface area (Å²) < 4.78 is 0. The summed E-state index contributed by atoms with van der Waals surface area (Å²) in [7, 11) is 1.84. The van der Waals surface area contributed by atoms with Gasteiger partial charge in [-0.05, 0) is 49.6 Å². The summed E-state index contributed by atoms with van der Waals surface area (Å²) in [6.45, 7) is 4.50. The molecule has 1 fully saturated rings. The number of nitrogens with zero attached hydrogens (tertiary/aromatic N) is 2. The molecule has 1 unspecified atom stereocenters. The number of hydrogen-bond acceptors (Lipinski definition) is 6. The third-order valence-corrected chi connectivity index (χ3v) is 6.47. The molecular weight excluding hydrogens is 382 g/mol. The highest BCUT2D eigenvalue weighted by atomic mass is 32.1. The van der Waals surface area contributed by atoms with Crippen LogP contribution in [0.5, 0.6) is 0 Å². The van der Waals surface area contributed by atoms with Crippen LogP contribution < -0.4 is 21.3 Å². The summed E-state index contributed by atoms with van der Waals surface area (Å²) in [5.41, 5.74) is 10.2. The highest BCUT2D eigenvalue weighted by Gasteiger charge is 2.20. The van der Waals surface area contributed by atoms with Gasteiger partial charge in [0.05, 0.1) is 5.69 Å². The van der Waals surface area contributed by atoms with Crippen LogP contribution in [0, 0.1) is 6.92 Å². The molecule has 1 amide bonds. The van der Waals surface area contributed by atoms with Crippen molar-refractivity contribution in [2.45, 2.75) is 25.8 Å². The van der Waals surface area contributed by atoms with Gasteiger partial charge in [-0.25, -0.2) is 4.98 Å². The number of anilines is 2. The Labute approximate surface area is 175 Å². The fourth-order valence-corrected chi connectivity index (χ4v) is 4.92. The van der Waals surface area contributed by atoms with Crippen LogP contribution in [-0.2, 0) is 6.42 Å². The van der Waals surface area contributed by atoms with Crippen molar-refractivity contribution < 1.29 is 4.79 Å². The van der Waals surface area contributed by atoms with Crippen LogP contribution in [0.15, 0.2) is 36.4 Å². The van der Waals surface area contributed by atoms with E-state index in [2.05, 4.69) is 44.8 Å². The lowest BCUT2D eigenvalue weighted by atomic mass is 10.1. The quantitative estimate of drug-likeness (QED) is 0.583. The lowest BCUT2D eigenvalue weighted by Gasteiger charge is -2.18. The molecule has 0 aliphatic carbocycles. The maximum Gasteiger partial charge on any atom is 0.263 e. The zero-order valence-corrected chi connectivity index (χ0v) is 17.7. The topological polar surface area (TPSA) is 83.3 Å². The normalized spacial score (nSPS) is 16.4. The average Bonchev–Trinajstić information content (AvgIpc) is 3.31. The van der Waals surface area contributed by atoms with Crippen molar-refractivity contribution in [3.05, 3.63) is 52.5 Å². The molecule has 1 atom stereocenters. The van der Waals surface area contributed by atoms with Crippen LogP contribution in [0.1, 0.15) is 27.3 Å². The molecular formula is C22H27N5OS. The summed E-state index contributed by atoms with van der Waals surface area (Å²) >= 11 is 1.43. The molecule has 0 spiro atoms. The molecule has 1 aromatic carbocycles. The minimum atomic E-state index is -0.0577. The van der Waals surface area contributed by atoms with E-state index in [1.165, 1.54) is 22.6 Å². The predicted octanol–water partition coefficient (Wildman–Crippen LogP) is 3.16. The van der Waals surface area contributed by atoms with Gasteiger partial charge in [0.25, 0.3) is 5.91 Å². The third-order valence-electron chi connectivity index (χ3n) is 5.38. The van der Waals surface area contributed by atoms with Crippen molar-refractivity contribution in [1.29, 1.82) is 0 Å². The number of amides is 1. The number of nitrogens with two attached hydrogens (primary N) is 1. The molecule has 0 radical (unpaired) electrons. The number of carbonyl (C=O) groups excluding carboxylic acids is 1. The number of rotatable bonds is 6. The van der Waals surface area contributed by atoms with Crippen LogP contribution in [0.2, 0.25) is 0 Å². The van der Waals surface area contributed by atoms with E-state index in [-0.39, 0.29) is 11.9 Å². The number of thiophene rings is 1. The van der Waals surface area contributed by atoms with E-state index in [0.29, 0.717) is 11.4 Å². The Kier molecular flexibility index (Phi) is 5.69. The van der Waals surface area contributed by atoms with Crippen molar-refractivity contribution in [1.82, 2.24) is 10.3 Å². The average molecular weight is 410 g/mol. The minimum Gasteiger partial charge on any atom is -0.386 e. The van der Waals surface area contributed by atoms with Gasteiger partial charge in [-0.3, -0.25) is 4.79 Å². The van der Waals surface area contributed by atoms with Crippen molar-refractivity contribution in [3.8, 4) is 0 Å². The first-order chi connectivity index (χ1) is 14.0. The Bertz CT molecular complexity index is 1010. The van der Waals surface area contributed by atoms with Gasteiger partial charge < -0.3 is 21.3 Å². The number of pyridine rings is 1. The summed E-state index contributed by atoms with van der Waals surface area (Å²) in [4.78, 5) is 21.2. The van der Waals surface area contributed by atoms with Crippen LogP contribution in [0.3, 0.4) is 0 Å². The van der Waals surface area contributed by atoms with Crippen molar-refractivity contribution >= 4 is 38.8 Å². The summed E-state index contributed by atoms with van der Waals surface area (Å²) in [6, 6.07) is 12.8. The highest BCUT2D eigenvalue weighted by Crippen LogP contribution is 2.34. The molecule has 1 aliphatic heterocycles. The maximum absolute atomic E-state index is 12.7. The second kappa shape index (κ2) is 8.39. The number of carbonyl (C=O) groups is 1. The van der Waals surface area contributed by atoms with Gasteiger partial charge in [0.15, 0.2) is 0 Å². The van der Waals surface area contributed by atoms with Gasteiger partial charge >= 0.3 is 0 Å². The van der Waals surface area contributed by atoms with Gasteiger partial charge in [-0.2, -0.15) is 0 Å². The molecule has 3 aromatic rings. The standard InChI is InChI=1S/C22H27N5OS/c1-14-3-8-18-19(24-2)20(29-22(18)26-14)21(28)25-11-9-15-4-6-17(7-5-15)27-12-10-16(23)13-27/h3-8,16,24H,9-13,23H2,1-2H3,(H,25,28). The van der Waals surface area contributed by atoms with Crippen molar-refractivity contribution in [3.63, 3.8) is 0 Å². The van der Waals surface area contributed by atoms with Gasteiger partial charge in [-0.15, -0.1) is 11.3 Å². The fourth-order valence-electron chi connectivity index (χ4n) is 3.77. The Morgan fingerprint density at radius 1 is 1.28 bits per heavy atom. The first-order valence-electron chi connectivity index (χ1n) is 10.0. The SMILES string of the molecule is CNc1c(C(=O)NCCc2ccc(N3CCC(N)C3)cc2)sc2nc(C)ccc12. The van der Waals surface area contributed by atoms with Gasteiger partial charge in [-0.1, -0.05) is 12.1 Å². The Balaban J connectivity index is 1.37.